The van der Waals surface area contributed by atoms with Crippen LogP contribution in [0.1, 0.15) is 5.56 Å². The molecular formula is C20H19BN6. The fourth-order valence-corrected chi connectivity index (χ4v) is 2.84. The highest BCUT2D eigenvalue weighted by molar-refractivity contribution is 6.36. The minimum absolute atomic E-state index is 0.549. The van der Waals surface area contributed by atoms with E-state index in [0.717, 1.165) is 28.5 Å². The molecule has 1 aromatic carbocycles. The second-order valence-corrected chi connectivity index (χ2v) is 6.50. The Hall–Kier alpha value is -3.35. The number of rotatable bonds is 5. The van der Waals surface area contributed by atoms with Crippen molar-refractivity contribution in [3.05, 3.63) is 66.5 Å². The van der Waals surface area contributed by atoms with E-state index in [4.69, 9.17) is 7.85 Å². The average molecular weight is 354 g/mol. The Balaban J connectivity index is 1.66. The largest absolute Gasteiger partial charge is 0.366 e. The lowest BCUT2D eigenvalue weighted by molar-refractivity contribution is 0.924. The third kappa shape index (κ3) is 3.49. The first-order valence-corrected chi connectivity index (χ1v) is 8.67. The first-order chi connectivity index (χ1) is 13.1. The third-order valence-electron chi connectivity index (χ3n) is 4.31. The number of anilines is 2. The van der Waals surface area contributed by atoms with Gasteiger partial charge in [0.25, 0.3) is 0 Å². The van der Waals surface area contributed by atoms with Gasteiger partial charge in [0.1, 0.15) is 19.5 Å². The molecular weight excluding hydrogens is 335 g/mol. The molecule has 4 aromatic rings. The topological polar surface area (TPSA) is 58.4 Å². The molecule has 0 amide bonds. The van der Waals surface area contributed by atoms with Crippen LogP contribution in [-0.4, -0.2) is 41.5 Å². The van der Waals surface area contributed by atoms with Crippen LogP contribution in [-0.2, 0) is 6.54 Å². The lowest BCUT2D eigenvalue weighted by atomic mass is 10.0. The van der Waals surface area contributed by atoms with Crippen LogP contribution in [0.2, 0.25) is 0 Å². The first kappa shape index (κ1) is 17.1. The van der Waals surface area contributed by atoms with E-state index in [1.807, 2.05) is 67.7 Å². The first-order valence-electron chi connectivity index (χ1n) is 8.67. The zero-order chi connectivity index (χ0) is 18.8. The van der Waals surface area contributed by atoms with Gasteiger partial charge in [-0.2, -0.15) is 9.61 Å². The number of hydrogen-bond donors (Lipinski definition) is 1. The van der Waals surface area contributed by atoms with Crippen LogP contribution < -0.4 is 15.7 Å². The number of hydrogen-bond acceptors (Lipinski definition) is 5. The zero-order valence-electron chi connectivity index (χ0n) is 15.3. The number of fused-ring (bicyclic) bond motifs is 1. The third-order valence-corrected chi connectivity index (χ3v) is 4.31. The van der Waals surface area contributed by atoms with Gasteiger partial charge in [-0.3, -0.25) is 0 Å². The summed E-state index contributed by atoms with van der Waals surface area (Å²) in [7, 11) is 10.0. The highest BCUT2D eigenvalue weighted by Gasteiger charge is 2.10. The van der Waals surface area contributed by atoms with Crippen LogP contribution in [0.5, 0.6) is 0 Å². The van der Waals surface area contributed by atoms with E-state index >= 15 is 0 Å². The van der Waals surface area contributed by atoms with Crippen LogP contribution >= 0.6 is 0 Å². The number of nitrogens with one attached hydrogen (secondary N) is 1. The number of benzene rings is 1. The van der Waals surface area contributed by atoms with E-state index in [1.54, 1.807) is 10.7 Å². The maximum absolute atomic E-state index is 6.06. The van der Waals surface area contributed by atoms with E-state index in [-0.39, 0.29) is 0 Å². The van der Waals surface area contributed by atoms with Gasteiger partial charge in [-0.15, -0.1) is 0 Å². The monoisotopic (exact) mass is 354 g/mol. The van der Waals surface area contributed by atoms with Gasteiger partial charge >= 0.3 is 0 Å². The van der Waals surface area contributed by atoms with E-state index in [9.17, 15) is 0 Å². The lowest BCUT2D eigenvalue weighted by Gasteiger charge is -2.13. The van der Waals surface area contributed by atoms with E-state index < -0.39 is 0 Å². The van der Waals surface area contributed by atoms with Crippen molar-refractivity contribution in [1.82, 2.24) is 19.6 Å². The smallest absolute Gasteiger partial charge is 0.150 e. The number of pyridine rings is 1. The Bertz CT molecular complexity index is 1060. The molecule has 7 heteroatoms. The maximum atomic E-state index is 6.06. The second kappa shape index (κ2) is 7.11. The Morgan fingerprint density at radius 1 is 1.07 bits per heavy atom. The number of aromatic nitrogens is 4. The van der Waals surface area contributed by atoms with Crippen LogP contribution in [0.4, 0.5) is 11.6 Å². The standard InChI is InChI=1S/C20H19BN6/c1-26(2)18-9-8-14(11-22-18)12-23-19-10-17(15-6-4-3-5-7-15)25-20-16(21)13-24-27(19)20/h3-11,13,23H,12H2,1-2H3. The second-order valence-electron chi connectivity index (χ2n) is 6.50. The molecule has 1 N–H and O–H groups in total. The Morgan fingerprint density at radius 3 is 2.59 bits per heavy atom. The fourth-order valence-electron chi connectivity index (χ4n) is 2.84. The molecule has 0 fully saturated rings. The molecule has 0 aliphatic heterocycles. The Labute approximate surface area is 159 Å². The normalized spacial score (nSPS) is 10.9. The zero-order valence-corrected chi connectivity index (χ0v) is 15.3. The van der Waals surface area contributed by atoms with Gasteiger partial charge in [-0.25, -0.2) is 9.97 Å². The fraction of sp³-hybridized carbons (Fsp3) is 0.150. The van der Waals surface area contributed by atoms with Gasteiger partial charge in [-0.1, -0.05) is 36.4 Å². The van der Waals surface area contributed by atoms with Gasteiger partial charge in [-0.05, 0) is 17.1 Å². The molecule has 0 spiro atoms. The highest BCUT2D eigenvalue weighted by Crippen LogP contribution is 2.22. The van der Waals surface area contributed by atoms with Crippen molar-refractivity contribution < 1.29 is 0 Å². The Kier molecular flexibility index (Phi) is 4.50. The van der Waals surface area contributed by atoms with Crippen LogP contribution in [0, 0.1) is 0 Å². The van der Waals surface area contributed by atoms with Crippen molar-refractivity contribution in [3.63, 3.8) is 0 Å². The van der Waals surface area contributed by atoms with Crippen molar-refractivity contribution in [2.45, 2.75) is 6.54 Å². The molecule has 0 aliphatic rings. The van der Waals surface area contributed by atoms with Gasteiger partial charge in [0.05, 0.1) is 5.69 Å². The molecule has 27 heavy (non-hydrogen) atoms. The van der Waals surface area contributed by atoms with Gasteiger partial charge in [0.15, 0.2) is 5.65 Å². The molecule has 4 rings (SSSR count). The van der Waals surface area contributed by atoms with Gasteiger partial charge in [0, 0.05) is 44.7 Å². The van der Waals surface area contributed by atoms with Crippen LogP contribution in [0.15, 0.2) is 60.9 Å². The van der Waals surface area contributed by atoms with E-state index in [1.165, 1.54) is 0 Å². The predicted molar refractivity (Wildman–Crippen MR) is 110 cm³/mol. The summed E-state index contributed by atoms with van der Waals surface area (Å²) in [4.78, 5) is 11.1. The Morgan fingerprint density at radius 2 is 1.89 bits per heavy atom. The molecule has 0 unspecified atom stereocenters. The van der Waals surface area contributed by atoms with Crippen LogP contribution in [0.3, 0.4) is 0 Å². The molecule has 0 aliphatic carbocycles. The summed E-state index contributed by atoms with van der Waals surface area (Å²) in [5, 5.41) is 7.77. The molecule has 3 aromatic heterocycles. The van der Waals surface area contributed by atoms with E-state index in [2.05, 4.69) is 26.4 Å². The predicted octanol–water partition coefficient (Wildman–Crippen LogP) is 2.26. The summed E-state index contributed by atoms with van der Waals surface area (Å²) in [6.07, 6.45) is 3.49. The van der Waals surface area contributed by atoms with Gasteiger partial charge < -0.3 is 10.2 Å². The van der Waals surface area contributed by atoms with Crippen molar-refractivity contribution in [2.24, 2.45) is 0 Å². The van der Waals surface area contributed by atoms with Crippen molar-refractivity contribution in [1.29, 1.82) is 0 Å². The summed E-state index contributed by atoms with van der Waals surface area (Å²) in [5.41, 5.74) is 4.14. The molecule has 132 valence electrons. The molecule has 0 atom stereocenters. The highest BCUT2D eigenvalue weighted by atomic mass is 15.3. The summed E-state index contributed by atoms with van der Waals surface area (Å²) in [5.74, 6) is 1.75. The number of nitrogens with zero attached hydrogens (tertiary/aromatic N) is 5. The van der Waals surface area contributed by atoms with Crippen molar-refractivity contribution in [3.8, 4) is 11.3 Å². The SMILES string of the molecule is [B]c1cnn2c(NCc3ccc(N(C)C)nc3)cc(-c3ccccc3)nc12. The summed E-state index contributed by atoms with van der Waals surface area (Å²) in [6.45, 7) is 0.619. The lowest BCUT2D eigenvalue weighted by Crippen LogP contribution is -2.11. The molecule has 3 heterocycles. The summed E-state index contributed by atoms with van der Waals surface area (Å²) >= 11 is 0. The quantitative estimate of drug-likeness (QED) is 0.557. The summed E-state index contributed by atoms with van der Waals surface area (Å²) < 4.78 is 1.73. The molecule has 0 saturated heterocycles. The maximum Gasteiger partial charge on any atom is 0.150 e. The molecule has 2 radical (unpaired) electrons. The average Bonchev–Trinajstić information content (AvgIpc) is 3.08. The van der Waals surface area contributed by atoms with Crippen LogP contribution in [0.25, 0.3) is 16.9 Å². The minimum atomic E-state index is 0.549. The molecule has 0 saturated carbocycles. The minimum Gasteiger partial charge on any atom is -0.366 e. The van der Waals surface area contributed by atoms with Gasteiger partial charge in [0.2, 0.25) is 0 Å². The van der Waals surface area contributed by atoms with Crippen molar-refractivity contribution >= 4 is 30.6 Å². The molecule has 6 nitrogen and oxygen atoms in total. The van der Waals surface area contributed by atoms with E-state index in [0.29, 0.717) is 17.7 Å². The van der Waals surface area contributed by atoms with Crippen molar-refractivity contribution in [2.75, 3.05) is 24.3 Å². The molecule has 0 bridgehead atoms. The summed E-state index contributed by atoms with van der Waals surface area (Å²) in [6, 6.07) is 16.1.